The van der Waals surface area contributed by atoms with Crippen molar-refractivity contribution < 1.29 is 22.7 Å². The molecule has 0 unspecified atom stereocenters. The number of carbonyl (C=O) groups is 1. The van der Waals surface area contributed by atoms with E-state index in [-0.39, 0.29) is 23.9 Å². The quantitative estimate of drug-likeness (QED) is 0.730. The van der Waals surface area contributed by atoms with Gasteiger partial charge in [0.15, 0.2) is 11.5 Å². The molecule has 7 nitrogen and oxygen atoms in total. The summed E-state index contributed by atoms with van der Waals surface area (Å²) in [5.74, 6) is 0.882. The summed E-state index contributed by atoms with van der Waals surface area (Å²) in [4.78, 5) is 14.9. The monoisotopic (exact) mass is 442 g/mol. The molecule has 2 aliphatic heterocycles. The number of hydrogen-bond acceptors (Lipinski definition) is 6. The van der Waals surface area contributed by atoms with Crippen molar-refractivity contribution in [2.75, 3.05) is 39.4 Å². The summed E-state index contributed by atoms with van der Waals surface area (Å²) >= 11 is 7.12. The molecule has 1 saturated heterocycles. The molecule has 28 heavy (non-hydrogen) atoms. The molecule has 0 atom stereocenters. The van der Waals surface area contributed by atoms with Crippen LogP contribution in [0.4, 0.5) is 0 Å². The van der Waals surface area contributed by atoms with Crippen molar-refractivity contribution in [1.29, 1.82) is 0 Å². The number of hydrogen-bond donors (Lipinski definition) is 0. The van der Waals surface area contributed by atoms with E-state index in [1.165, 1.54) is 27.8 Å². The topological polar surface area (TPSA) is 76.2 Å². The zero-order chi connectivity index (χ0) is 19.7. The summed E-state index contributed by atoms with van der Waals surface area (Å²) in [6.45, 7) is 2.17. The Kier molecular flexibility index (Phi) is 5.50. The van der Waals surface area contributed by atoms with Gasteiger partial charge >= 0.3 is 0 Å². The van der Waals surface area contributed by atoms with Crippen LogP contribution in [0, 0.1) is 0 Å². The van der Waals surface area contributed by atoms with Gasteiger partial charge in [0.05, 0.1) is 27.3 Å². The van der Waals surface area contributed by atoms with E-state index < -0.39 is 10.0 Å². The molecule has 0 N–H and O–H groups in total. The van der Waals surface area contributed by atoms with E-state index in [0.717, 1.165) is 6.42 Å². The first-order chi connectivity index (χ1) is 13.4. The molecule has 0 saturated carbocycles. The highest BCUT2D eigenvalue weighted by Crippen LogP contribution is 2.33. The third kappa shape index (κ3) is 3.84. The van der Waals surface area contributed by atoms with Crippen LogP contribution in [0.3, 0.4) is 0 Å². The first kappa shape index (κ1) is 19.5. The van der Waals surface area contributed by atoms with E-state index in [2.05, 4.69) is 0 Å². The molecular formula is C18H19ClN2O5S2. The molecule has 1 aromatic carbocycles. The Balaban J connectivity index is 1.46. The molecule has 0 bridgehead atoms. The molecule has 10 heteroatoms. The van der Waals surface area contributed by atoms with Crippen LogP contribution in [0.5, 0.6) is 11.5 Å². The molecule has 3 heterocycles. The Morgan fingerprint density at radius 3 is 2.39 bits per heavy atom. The number of fused-ring (bicyclic) bond motifs is 1. The number of ether oxygens (including phenoxy) is 2. The third-order valence-electron chi connectivity index (χ3n) is 4.67. The number of thiophene rings is 1. The molecule has 2 aromatic rings. The van der Waals surface area contributed by atoms with Gasteiger partial charge in [-0.15, -0.1) is 11.3 Å². The fraction of sp³-hybridized carbons (Fsp3) is 0.389. The summed E-state index contributed by atoms with van der Waals surface area (Å²) in [5.41, 5.74) is 0. The summed E-state index contributed by atoms with van der Waals surface area (Å²) in [5, 5.41) is 0. The van der Waals surface area contributed by atoms with Crippen molar-refractivity contribution in [2.45, 2.75) is 11.3 Å². The number of piperazine rings is 1. The highest BCUT2D eigenvalue weighted by atomic mass is 35.5. The number of amides is 1. The fourth-order valence-corrected chi connectivity index (χ4v) is 5.62. The van der Waals surface area contributed by atoms with Crippen LogP contribution in [0.25, 0.3) is 0 Å². The zero-order valence-corrected chi connectivity index (χ0v) is 17.4. The second-order valence-electron chi connectivity index (χ2n) is 6.46. The lowest BCUT2D eigenvalue weighted by atomic mass is 10.3. The first-order valence-corrected chi connectivity index (χ1v) is 11.5. The first-order valence-electron chi connectivity index (χ1n) is 8.89. The van der Waals surface area contributed by atoms with Gasteiger partial charge in [0.2, 0.25) is 10.0 Å². The van der Waals surface area contributed by atoms with Crippen molar-refractivity contribution in [2.24, 2.45) is 0 Å². The Morgan fingerprint density at radius 2 is 1.71 bits per heavy atom. The van der Waals surface area contributed by atoms with Crippen molar-refractivity contribution in [3.05, 3.63) is 39.5 Å². The predicted octanol–water partition coefficient (Wildman–Crippen LogP) is 2.71. The number of sulfonamides is 1. The van der Waals surface area contributed by atoms with Gasteiger partial charge in [0.25, 0.3) is 5.91 Å². The minimum atomic E-state index is -3.68. The van der Waals surface area contributed by atoms with Gasteiger partial charge in [-0.05, 0) is 24.3 Å². The van der Waals surface area contributed by atoms with Crippen LogP contribution >= 0.6 is 22.9 Å². The van der Waals surface area contributed by atoms with Gasteiger partial charge in [0.1, 0.15) is 0 Å². The second kappa shape index (κ2) is 7.90. The average Bonchev–Trinajstić information content (AvgIpc) is 3.00. The van der Waals surface area contributed by atoms with Gasteiger partial charge in [0, 0.05) is 38.7 Å². The number of rotatable bonds is 3. The largest absolute Gasteiger partial charge is 0.490 e. The molecule has 1 amide bonds. The minimum Gasteiger partial charge on any atom is -0.490 e. The van der Waals surface area contributed by atoms with Crippen LogP contribution < -0.4 is 9.47 Å². The molecule has 2 aliphatic rings. The van der Waals surface area contributed by atoms with Crippen molar-refractivity contribution in [1.82, 2.24) is 9.21 Å². The molecule has 4 rings (SSSR count). The van der Waals surface area contributed by atoms with Crippen LogP contribution in [-0.2, 0) is 10.0 Å². The van der Waals surface area contributed by atoms with E-state index in [1.54, 1.807) is 23.1 Å². The number of carbonyl (C=O) groups excluding carboxylic acids is 1. The Morgan fingerprint density at radius 1 is 1.00 bits per heavy atom. The lowest BCUT2D eigenvalue weighted by Crippen LogP contribution is -2.50. The molecule has 0 radical (unpaired) electrons. The second-order valence-corrected chi connectivity index (χ2v) is 10.1. The lowest BCUT2D eigenvalue weighted by Gasteiger charge is -2.33. The molecule has 0 aliphatic carbocycles. The maximum absolute atomic E-state index is 13.0. The average molecular weight is 443 g/mol. The van der Waals surface area contributed by atoms with Crippen LogP contribution in [0.15, 0.2) is 35.2 Å². The van der Waals surface area contributed by atoms with Crippen LogP contribution in [-0.4, -0.2) is 62.9 Å². The van der Waals surface area contributed by atoms with Gasteiger partial charge in [-0.2, -0.15) is 4.31 Å². The molecule has 1 fully saturated rings. The molecule has 150 valence electrons. The normalized spacial score (nSPS) is 18.0. The van der Waals surface area contributed by atoms with Crippen molar-refractivity contribution >= 4 is 38.9 Å². The number of benzene rings is 1. The van der Waals surface area contributed by atoms with Crippen molar-refractivity contribution in [3.8, 4) is 11.5 Å². The van der Waals surface area contributed by atoms with E-state index >= 15 is 0 Å². The molecule has 0 spiro atoms. The Bertz CT molecular complexity index is 984. The van der Waals surface area contributed by atoms with E-state index in [4.69, 9.17) is 21.1 Å². The Hall–Kier alpha value is -1.81. The van der Waals surface area contributed by atoms with E-state index in [1.807, 2.05) is 0 Å². The summed E-state index contributed by atoms with van der Waals surface area (Å²) in [6, 6.07) is 8.06. The van der Waals surface area contributed by atoms with Gasteiger partial charge in [-0.1, -0.05) is 11.6 Å². The highest BCUT2D eigenvalue weighted by Gasteiger charge is 2.31. The standard InChI is InChI=1S/C18H19ClN2O5S2/c19-17-5-4-16(27-17)18(22)20-6-8-21(9-7-20)28(23,24)13-2-3-14-15(12-13)26-11-1-10-25-14/h2-5,12H,1,6-11H2. The van der Waals surface area contributed by atoms with Crippen LogP contribution in [0.1, 0.15) is 16.1 Å². The van der Waals surface area contributed by atoms with Crippen molar-refractivity contribution in [3.63, 3.8) is 0 Å². The summed E-state index contributed by atoms with van der Waals surface area (Å²) in [7, 11) is -3.68. The Labute approximate surface area is 172 Å². The third-order valence-corrected chi connectivity index (χ3v) is 7.78. The van der Waals surface area contributed by atoms with Gasteiger partial charge in [-0.3, -0.25) is 4.79 Å². The van der Waals surface area contributed by atoms with E-state index in [0.29, 0.717) is 47.0 Å². The number of halogens is 1. The predicted molar refractivity (Wildman–Crippen MR) is 106 cm³/mol. The van der Waals surface area contributed by atoms with Crippen LogP contribution in [0.2, 0.25) is 4.34 Å². The smallest absolute Gasteiger partial charge is 0.264 e. The SMILES string of the molecule is O=C(c1ccc(Cl)s1)N1CCN(S(=O)(=O)c2ccc3c(c2)OCCCO3)CC1. The maximum atomic E-state index is 13.0. The van der Waals surface area contributed by atoms with Gasteiger partial charge in [-0.25, -0.2) is 8.42 Å². The molecule has 1 aromatic heterocycles. The van der Waals surface area contributed by atoms with Gasteiger partial charge < -0.3 is 14.4 Å². The van der Waals surface area contributed by atoms with E-state index in [9.17, 15) is 13.2 Å². The molecular weight excluding hydrogens is 424 g/mol. The maximum Gasteiger partial charge on any atom is 0.264 e. The summed E-state index contributed by atoms with van der Waals surface area (Å²) < 4.78 is 39.2. The highest BCUT2D eigenvalue weighted by molar-refractivity contribution is 7.89. The zero-order valence-electron chi connectivity index (χ0n) is 15.0. The number of nitrogens with zero attached hydrogens (tertiary/aromatic N) is 2. The lowest BCUT2D eigenvalue weighted by molar-refractivity contribution is 0.0703. The summed E-state index contributed by atoms with van der Waals surface area (Å²) in [6.07, 6.45) is 0.752. The minimum absolute atomic E-state index is 0.121. The fourth-order valence-electron chi connectivity index (χ4n) is 3.17.